The van der Waals surface area contributed by atoms with Gasteiger partial charge in [-0.25, -0.2) is 0 Å². The molecule has 0 spiro atoms. The van der Waals surface area contributed by atoms with E-state index in [1.807, 2.05) is 31.2 Å². The zero-order valence-corrected chi connectivity index (χ0v) is 17.8. The molecule has 0 heterocycles. The first-order valence-corrected chi connectivity index (χ1v) is 11.0. The predicted molar refractivity (Wildman–Crippen MR) is 116 cm³/mol. The van der Waals surface area contributed by atoms with Gasteiger partial charge in [-0.15, -0.1) is 5.92 Å². The number of hydrogen-bond donors (Lipinski definition) is 2. The van der Waals surface area contributed by atoms with Gasteiger partial charge in [-0.05, 0) is 37.3 Å². The van der Waals surface area contributed by atoms with Crippen molar-refractivity contribution in [1.82, 2.24) is 0 Å². The average Bonchev–Trinajstić information content (AvgIpc) is 2.68. The number of carboxylic acid groups (broad SMARTS) is 1. The van der Waals surface area contributed by atoms with Gasteiger partial charge in [0.1, 0.15) is 0 Å². The van der Waals surface area contributed by atoms with Crippen LogP contribution in [0.5, 0.6) is 0 Å². The third-order valence-corrected chi connectivity index (χ3v) is 5.16. The number of rotatable bonds is 14. The summed E-state index contributed by atoms with van der Waals surface area (Å²) in [5.74, 6) is 5.61. The SMILES string of the molecule is CCCCCCCCCCC#CC(C)C(O)Cc1ccc(CCC(=O)O)cc1. The van der Waals surface area contributed by atoms with Crippen molar-refractivity contribution in [3.05, 3.63) is 35.4 Å². The molecule has 1 aromatic carbocycles. The summed E-state index contributed by atoms with van der Waals surface area (Å²) in [4.78, 5) is 10.6. The summed E-state index contributed by atoms with van der Waals surface area (Å²) in [6.07, 6.45) is 12.2. The Morgan fingerprint density at radius 1 is 0.964 bits per heavy atom. The van der Waals surface area contributed by atoms with E-state index in [-0.39, 0.29) is 12.3 Å². The molecule has 3 nitrogen and oxygen atoms in total. The number of aliphatic carboxylic acids is 1. The predicted octanol–water partition coefficient (Wildman–Crippen LogP) is 5.78. The number of aliphatic hydroxyl groups excluding tert-OH is 1. The molecule has 0 amide bonds. The first-order valence-electron chi connectivity index (χ1n) is 11.0. The molecule has 0 aliphatic heterocycles. The average molecular weight is 387 g/mol. The topological polar surface area (TPSA) is 57.5 Å². The number of carboxylic acids is 1. The van der Waals surface area contributed by atoms with E-state index in [1.54, 1.807) is 0 Å². The standard InChI is InChI=1S/C25H38O3/c1-3-4-5-6-7-8-9-10-11-12-13-21(2)24(26)20-23-16-14-22(15-17-23)18-19-25(27)28/h14-17,21,24,26H,3-11,18-20H2,1-2H3,(H,27,28). The Morgan fingerprint density at radius 3 is 2.14 bits per heavy atom. The van der Waals surface area contributed by atoms with E-state index in [1.165, 1.54) is 44.9 Å². The fraction of sp³-hybridized carbons (Fsp3) is 0.640. The Morgan fingerprint density at radius 2 is 1.54 bits per heavy atom. The lowest BCUT2D eigenvalue weighted by Crippen LogP contribution is -2.19. The normalized spacial score (nSPS) is 12.8. The van der Waals surface area contributed by atoms with Crippen molar-refractivity contribution in [3.8, 4) is 11.8 Å². The Bertz CT molecular complexity index is 594. The van der Waals surface area contributed by atoms with Crippen LogP contribution in [0.2, 0.25) is 0 Å². The Hall–Kier alpha value is -1.79. The van der Waals surface area contributed by atoms with Crippen molar-refractivity contribution in [1.29, 1.82) is 0 Å². The zero-order chi connectivity index (χ0) is 20.6. The molecule has 0 aromatic heterocycles. The Labute approximate surface area is 171 Å². The molecule has 2 atom stereocenters. The van der Waals surface area contributed by atoms with E-state index in [2.05, 4.69) is 18.8 Å². The van der Waals surface area contributed by atoms with Gasteiger partial charge in [-0.3, -0.25) is 4.79 Å². The van der Waals surface area contributed by atoms with Gasteiger partial charge in [0.05, 0.1) is 6.10 Å². The Balaban J connectivity index is 2.21. The van der Waals surface area contributed by atoms with Crippen LogP contribution in [0.3, 0.4) is 0 Å². The molecule has 3 heteroatoms. The smallest absolute Gasteiger partial charge is 0.303 e. The first-order chi connectivity index (χ1) is 13.5. The van der Waals surface area contributed by atoms with E-state index in [0.29, 0.717) is 12.8 Å². The molecule has 0 bridgehead atoms. The zero-order valence-electron chi connectivity index (χ0n) is 17.8. The third-order valence-electron chi connectivity index (χ3n) is 5.16. The van der Waals surface area contributed by atoms with Gasteiger partial charge >= 0.3 is 5.97 Å². The molecule has 0 aliphatic carbocycles. The van der Waals surface area contributed by atoms with Gasteiger partial charge in [-0.2, -0.15) is 0 Å². The van der Waals surface area contributed by atoms with Crippen LogP contribution in [-0.2, 0) is 17.6 Å². The number of benzene rings is 1. The van der Waals surface area contributed by atoms with Crippen LogP contribution >= 0.6 is 0 Å². The summed E-state index contributed by atoms with van der Waals surface area (Å²) in [5, 5.41) is 19.1. The van der Waals surface area contributed by atoms with Gasteiger partial charge in [0, 0.05) is 18.8 Å². The molecular weight excluding hydrogens is 348 g/mol. The second-order valence-corrected chi connectivity index (χ2v) is 7.82. The maximum absolute atomic E-state index is 10.6. The molecule has 0 saturated carbocycles. The minimum atomic E-state index is -0.779. The molecule has 2 N–H and O–H groups in total. The van der Waals surface area contributed by atoms with Crippen LogP contribution < -0.4 is 0 Å². The van der Waals surface area contributed by atoms with E-state index in [9.17, 15) is 9.90 Å². The summed E-state index contributed by atoms with van der Waals surface area (Å²) in [6.45, 7) is 4.23. The van der Waals surface area contributed by atoms with Gasteiger partial charge in [0.15, 0.2) is 0 Å². The molecule has 1 rings (SSSR count). The van der Waals surface area contributed by atoms with Crippen LogP contribution in [0.25, 0.3) is 0 Å². The monoisotopic (exact) mass is 386 g/mol. The van der Waals surface area contributed by atoms with E-state index in [0.717, 1.165) is 24.0 Å². The van der Waals surface area contributed by atoms with E-state index in [4.69, 9.17) is 5.11 Å². The van der Waals surface area contributed by atoms with Crippen LogP contribution in [-0.4, -0.2) is 22.3 Å². The molecule has 0 fully saturated rings. The van der Waals surface area contributed by atoms with Crippen molar-refractivity contribution in [2.75, 3.05) is 0 Å². The number of aryl methyl sites for hydroxylation is 1. The quantitative estimate of drug-likeness (QED) is 0.315. The fourth-order valence-corrected chi connectivity index (χ4v) is 3.19. The molecule has 0 aliphatic rings. The van der Waals surface area contributed by atoms with Gasteiger partial charge in [0.2, 0.25) is 0 Å². The first kappa shape index (κ1) is 24.2. The van der Waals surface area contributed by atoms with Gasteiger partial charge in [0.25, 0.3) is 0 Å². The summed E-state index contributed by atoms with van der Waals surface area (Å²) in [7, 11) is 0. The highest BCUT2D eigenvalue weighted by Crippen LogP contribution is 2.13. The van der Waals surface area contributed by atoms with Gasteiger partial charge in [-0.1, -0.05) is 82.1 Å². The highest BCUT2D eigenvalue weighted by molar-refractivity contribution is 5.67. The maximum Gasteiger partial charge on any atom is 0.303 e. The lowest BCUT2D eigenvalue weighted by Gasteiger charge is -2.14. The fourth-order valence-electron chi connectivity index (χ4n) is 3.19. The van der Waals surface area contributed by atoms with Gasteiger partial charge < -0.3 is 10.2 Å². The largest absolute Gasteiger partial charge is 0.481 e. The lowest BCUT2D eigenvalue weighted by atomic mass is 9.96. The highest BCUT2D eigenvalue weighted by Gasteiger charge is 2.12. The summed E-state index contributed by atoms with van der Waals surface area (Å²) >= 11 is 0. The molecule has 0 radical (unpaired) electrons. The Kier molecular flexibility index (Phi) is 13.1. The molecule has 2 unspecified atom stereocenters. The molecule has 156 valence electrons. The van der Waals surface area contributed by atoms with E-state index < -0.39 is 12.1 Å². The highest BCUT2D eigenvalue weighted by atomic mass is 16.4. The van der Waals surface area contributed by atoms with Crippen LogP contribution in [0.4, 0.5) is 0 Å². The van der Waals surface area contributed by atoms with Crippen LogP contribution in [0, 0.1) is 17.8 Å². The summed E-state index contributed by atoms with van der Waals surface area (Å²) in [5.41, 5.74) is 2.07. The molecule has 0 saturated heterocycles. The second kappa shape index (κ2) is 15.2. The van der Waals surface area contributed by atoms with Crippen molar-refractivity contribution in [2.24, 2.45) is 5.92 Å². The van der Waals surface area contributed by atoms with Crippen molar-refractivity contribution in [2.45, 2.75) is 97.0 Å². The number of hydrogen-bond acceptors (Lipinski definition) is 2. The molecule has 1 aromatic rings. The third kappa shape index (κ3) is 11.8. The number of carbonyl (C=O) groups is 1. The summed E-state index contributed by atoms with van der Waals surface area (Å²) in [6, 6.07) is 7.84. The van der Waals surface area contributed by atoms with Crippen molar-refractivity contribution >= 4 is 5.97 Å². The van der Waals surface area contributed by atoms with E-state index >= 15 is 0 Å². The number of unbranched alkanes of at least 4 members (excludes halogenated alkanes) is 8. The minimum Gasteiger partial charge on any atom is -0.481 e. The van der Waals surface area contributed by atoms with Crippen LogP contribution in [0.15, 0.2) is 24.3 Å². The van der Waals surface area contributed by atoms with Crippen molar-refractivity contribution in [3.63, 3.8) is 0 Å². The second-order valence-electron chi connectivity index (χ2n) is 7.82. The lowest BCUT2D eigenvalue weighted by molar-refractivity contribution is -0.136. The molecular formula is C25H38O3. The number of aliphatic hydroxyl groups is 1. The molecule has 28 heavy (non-hydrogen) atoms. The van der Waals surface area contributed by atoms with Crippen LogP contribution in [0.1, 0.15) is 89.2 Å². The van der Waals surface area contributed by atoms with Crippen molar-refractivity contribution < 1.29 is 15.0 Å². The summed E-state index contributed by atoms with van der Waals surface area (Å²) < 4.78 is 0. The maximum atomic E-state index is 10.6. The minimum absolute atomic E-state index is 0.0410.